The number of nitrogens with zero attached hydrogens (tertiary/aromatic N) is 2. The highest BCUT2D eigenvalue weighted by Crippen LogP contribution is 2.34. The SMILES string of the molecule is CCCNC(=O)N(C)C[C@H]1Oc2cc(C#CC(C)(C)O)ccc2S(=O)(=O)N([C@@H](C)CO)C[C@H]1C. The van der Waals surface area contributed by atoms with Crippen molar-refractivity contribution in [2.45, 2.75) is 63.7 Å². The van der Waals surface area contributed by atoms with E-state index >= 15 is 0 Å². The molecule has 1 aromatic carbocycles. The van der Waals surface area contributed by atoms with E-state index in [-0.39, 0.29) is 42.3 Å². The van der Waals surface area contributed by atoms with Crippen LogP contribution in [-0.2, 0) is 10.0 Å². The van der Waals surface area contributed by atoms with Gasteiger partial charge in [-0.25, -0.2) is 13.2 Å². The first-order valence-corrected chi connectivity index (χ1v) is 12.9. The van der Waals surface area contributed by atoms with Gasteiger partial charge in [0.1, 0.15) is 22.4 Å². The Morgan fingerprint density at radius 3 is 2.68 bits per heavy atom. The van der Waals surface area contributed by atoms with Crippen molar-refractivity contribution in [3.05, 3.63) is 23.8 Å². The molecule has 3 N–H and O–H groups in total. The number of ether oxygens (including phenoxy) is 1. The largest absolute Gasteiger partial charge is 0.487 e. The second-order valence-corrected chi connectivity index (χ2v) is 11.2. The van der Waals surface area contributed by atoms with Gasteiger partial charge >= 0.3 is 6.03 Å². The third-order valence-corrected chi connectivity index (χ3v) is 7.53. The number of aliphatic hydroxyl groups excluding tert-OH is 1. The molecule has 1 aliphatic heterocycles. The Balaban J connectivity index is 2.53. The van der Waals surface area contributed by atoms with Crippen molar-refractivity contribution in [3.63, 3.8) is 0 Å². The molecule has 0 unspecified atom stereocenters. The number of nitrogens with one attached hydrogen (secondary N) is 1. The summed E-state index contributed by atoms with van der Waals surface area (Å²) in [5, 5.41) is 22.5. The van der Waals surface area contributed by atoms with Gasteiger partial charge in [-0.05, 0) is 45.4 Å². The Kier molecular flexibility index (Phi) is 9.37. The fourth-order valence-corrected chi connectivity index (χ4v) is 5.29. The molecule has 2 rings (SSSR count). The topological polar surface area (TPSA) is 119 Å². The molecule has 0 fully saturated rings. The van der Waals surface area contributed by atoms with Crippen LogP contribution in [0.3, 0.4) is 0 Å². The number of benzene rings is 1. The van der Waals surface area contributed by atoms with Crippen molar-refractivity contribution in [1.82, 2.24) is 14.5 Å². The lowest BCUT2D eigenvalue weighted by Crippen LogP contribution is -2.51. The molecule has 1 heterocycles. The average Bonchev–Trinajstić information content (AvgIpc) is 2.77. The van der Waals surface area contributed by atoms with E-state index in [1.807, 2.05) is 13.8 Å². The highest BCUT2D eigenvalue weighted by molar-refractivity contribution is 7.89. The van der Waals surface area contributed by atoms with Gasteiger partial charge in [-0.1, -0.05) is 25.7 Å². The van der Waals surface area contributed by atoms with Crippen molar-refractivity contribution in [2.75, 3.05) is 33.3 Å². The third kappa shape index (κ3) is 7.09. The van der Waals surface area contributed by atoms with Crippen molar-refractivity contribution in [2.24, 2.45) is 5.92 Å². The van der Waals surface area contributed by atoms with Gasteiger partial charge in [-0.3, -0.25) is 0 Å². The number of urea groups is 1. The van der Waals surface area contributed by atoms with Gasteiger partial charge in [0.15, 0.2) is 0 Å². The smallest absolute Gasteiger partial charge is 0.317 e. The predicted molar refractivity (Wildman–Crippen MR) is 130 cm³/mol. The Bertz CT molecular complexity index is 1030. The van der Waals surface area contributed by atoms with Crippen LogP contribution in [0.1, 0.15) is 46.6 Å². The predicted octanol–water partition coefficient (Wildman–Crippen LogP) is 1.63. The number of hydrogen-bond acceptors (Lipinski definition) is 6. The number of amides is 2. The van der Waals surface area contributed by atoms with Crippen LogP contribution in [0.2, 0.25) is 0 Å². The quantitative estimate of drug-likeness (QED) is 0.516. The summed E-state index contributed by atoms with van der Waals surface area (Å²) in [4.78, 5) is 13.9. The van der Waals surface area contributed by atoms with Crippen LogP contribution >= 0.6 is 0 Å². The first-order valence-electron chi connectivity index (χ1n) is 11.5. The van der Waals surface area contributed by atoms with Crippen molar-refractivity contribution < 1.29 is 28.2 Å². The van der Waals surface area contributed by atoms with E-state index in [0.29, 0.717) is 12.1 Å². The maximum atomic E-state index is 13.5. The number of carbonyl (C=O) groups excluding carboxylic acids is 1. The highest BCUT2D eigenvalue weighted by Gasteiger charge is 2.38. The lowest BCUT2D eigenvalue weighted by molar-refractivity contribution is 0.0812. The molecule has 0 radical (unpaired) electrons. The molecule has 9 nitrogen and oxygen atoms in total. The minimum atomic E-state index is -3.97. The fourth-order valence-electron chi connectivity index (χ4n) is 3.47. The summed E-state index contributed by atoms with van der Waals surface area (Å²) in [5.74, 6) is 5.40. The maximum Gasteiger partial charge on any atom is 0.317 e. The number of hydrogen-bond donors (Lipinski definition) is 3. The van der Waals surface area contributed by atoms with Crippen LogP contribution in [0, 0.1) is 17.8 Å². The van der Waals surface area contributed by atoms with Crippen LogP contribution in [0.25, 0.3) is 0 Å². The Morgan fingerprint density at radius 2 is 2.09 bits per heavy atom. The molecule has 0 spiro atoms. The molecule has 1 aliphatic rings. The van der Waals surface area contributed by atoms with Crippen molar-refractivity contribution in [1.29, 1.82) is 0 Å². The maximum absolute atomic E-state index is 13.5. The minimum absolute atomic E-state index is 0.0309. The summed E-state index contributed by atoms with van der Waals surface area (Å²) in [6.07, 6.45) is 0.293. The van der Waals surface area contributed by atoms with Gasteiger partial charge in [0, 0.05) is 37.7 Å². The number of rotatable bonds is 6. The van der Waals surface area contributed by atoms with Gasteiger partial charge in [-0.15, -0.1) is 0 Å². The molecule has 0 saturated carbocycles. The minimum Gasteiger partial charge on any atom is -0.487 e. The van der Waals surface area contributed by atoms with E-state index in [9.17, 15) is 23.4 Å². The standard InChI is InChI=1S/C24H37N3O6S/c1-7-12-25-23(29)26(6)15-21-17(2)14-27(18(3)16-28)34(31,32)22-9-8-19(13-20(22)33-21)10-11-24(4,5)30/h8-9,13,17-18,21,28,30H,7,12,14-16H2,1-6H3,(H,25,29)/t17-,18+,21-/m1/s1. The second-order valence-electron chi connectivity index (χ2n) is 9.32. The van der Waals surface area contributed by atoms with Crippen molar-refractivity contribution in [3.8, 4) is 17.6 Å². The van der Waals surface area contributed by atoms with E-state index < -0.39 is 27.8 Å². The zero-order valence-electron chi connectivity index (χ0n) is 20.8. The fraction of sp³-hybridized carbons (Fsp3) is 0.625. The van der Waals surface area contributed by atoms with Crippen LogP contribution < -0.4 is 10.1 Å². The van der Waals surface area contributed by atoms with Crippen LogP contribution in [0.15, 0.2) is 23.1 Å². The normalized spacial score (nSPS) is 21.1. The van der Waals surface area contributed by atoms with E-state index in [2.05, 4.69) is 17.2 Å². The van der Waals surface area contributed by atoms with Gasteiger partial charge in [0.05, 0.1) is 13.2 Å². The van der Waals surface area contributed by atoms with Gasteiger partial charge in [0.2, 0.25) is 10.0 Å². The number of fused-ring (bicyclic) bond motifs is 1. The highest BCUT2D eigenvalue weighted by atomic mass is 32.2. The summed E-state index contributed by atoms with van der Waals surface area (Å²) in [7, 11) is -2.31. The van der Waals surface area contributed by atoms with Gasteiger partial charge in [0.25, 0.3) is 0 Å². The lowest BCUT2D eigenvalue weighted by Gasteiger charge is -2.37. The number of sulfonamides is 1. The Hall–Kier alpha value is -2.32. The molecule has 0 aliphatic carbocycles. The summed E-state index contributed by atoms with van der Waals surface area (Å²) >= 11 is 0. The molecule has 0 saturated heterocycles. The molecular formula is C24H37N3O6S. The van der Waals surface area contributed by atoms with Gasteiger partial charge in [-0.2, -0.15) is 4.31 Å². The number of carbonyl (C=O) groups is 1. The van der Waals surface area contributed by atoms with E-state index in [0.717, 1.165) is 6.42 Å². The van der Waals surface area contributed by atoms with E-state index in [4.69, 9.17) is 4.74 Å². The molecule has 3 atom stereocenters. The van der Waals surface area contributed by atoms with Crippen molar-refractivity contribution >= 4 is 16.1 Å². The molecule has 10 heteroatoms. The van der Waals surface area contributed by atoms with Crippen LogP contribution in [-0.4, -0.2) is 84.9 Å². The molecule has 34 heavy (non-hydrogen) atoms. The molecular weight excluding hydrogens is 458 g/mol. The molecule has 190 valence electrons. The zero-order chi connectivity index (χ0) is 25.7. The summed E-state index contributed by atoms with van der Waals surface area (Å²) in [5.41, 5.74) is -0.727. The first kappa shape index (κ1) is 27.9. The molecule has 1 aromatic rings. The molecule has 2 amide bonds. The number of aliphatic hydroxyl groups is 2. The summed E-state index contributed by atoms with van der Waals surface area (Å²) < 4.78 is 34.5. The number of likely N-dealkylation sites (N-methyl/N-ethyl adjacent to an activating group) is 1. The third-order valence-electron chi connectivity index (χ3n) is 5.51. The lowest BCUT2D eigenvalue weighted by atomic mass is 10.0. The summed E-state index contributed by atoms with van der Waals surface area (Å²) in [6.45, 7) is 9.16. The van der Waals surface area contributed by atoms with E-state index in [1.54, 1.807) is 33.9 Å². The van der Waals surface area contributed by atoms with Crippen LogP contribution in [0.5, 0.6) is 5.75 Å². The van der Waals surface area contributed by atoms with Gasteiger partial charge < -0.3 is 25.2 Å². The first-order chi connectivity index (χ1) is 15.8. The Labute approximate surface area is 203 Å². The zero-order valence-corrected chi connectivity index (χ0v) is 21.6. The average molecular weight is 496 g/mol. The second kappa shape index (κ2) is 11.4. The monoisotopic (exact) mass is 495 g/mol. The van der Waals surface area contributed by atoms with E-state index in [1.165, 1.54) is 21.3 Å². The summed E-state index contributed by atoms with van der Waals surface area (Å²) in [6, 6.07) is 3.65. The molecule has 0 aromatic heterocycles. The van der Waals surface area contributed by atoms with Crippen LogP contribution in [0.4, 0.5) is 4.79 Å². The Morgan fingerprint density at radius 1 is 1.41 bits per heavy atom. The molecule has 0 bridgehead atoms.